The lowest BCUT2D eigenvalue weighted by Gasteiger charge is -2.08. The van der Waals surface area contributed by atoms with E-state index < -0.39 is 9.84 Å². The standard InChI is InChI=1S/C16H17N3O3S/c1-23(21,22)14-4-2-3-13(9-14)19-16(20)11-5-8-15(17-10-11)18-12-6-7-12/h2-5,8-10,12H,6-7H2,1H3,(H,17,18)(H,19,20). The third-order valence-corrected chi connectivity index (χ3v) is 4.59. The summed E-state index contributed by atoms with van der Waals surface area (Å²) < 4.78 is 23.1. The molecule has 1 aromatic carbocycles. The number of nitrogens with one attached hydrogen (secondary N) is 2. The molecule has 1 heterocycles. The zero-order valence-electron chi connectivity index (χ0n) is 12.6. The van der Waals surface area contributed by atoms with E-state index in [1.807, 2.05) is 0 Å². The van der Waals surface area contributed by atoms with Crippen molar-refractivity contribution in [1.29, 1.82) is 0 Å². The van der Waals surface area contributed by atoms with E-state index in [0.29, 0.717) is 17.3 Å². The molecule has 6 nitrogen and oxygen atoms in total. The Morgan fingerprint density at radius 1 is 1.22 bits per heavy atom. The van der Waals surface area contributed by atoms with Gasteiger partial charge >= 0.3 is 0 Å². The molecule has 2 aromatic rings. The Hall–Kier alpha value is -2.41. The van der Waals surface area contributed by atoms with Crippen LogP contribution in [0.4, 0.5) is 11.5 Å². The first-order valence-corrected chi connectivity index (χ1v) is 9.15. The number of nitrogens with zero attached hydrogens (tertiary/aromatic N) is 1. The Labute approximate surface area is 134 Å². The molecule has 0 aliphatic heterocycles. The van der Waals surface area contributed by atoms with Crippen molar-refractivity contribution in [2.75, 3.05) is 16.9 Å². The van der Waals surface area contributed by atoms with E-state index >= 15 is 0 Å². The number of sulfone groups is 1. The minimum Gasteiger partial charge on any atom is -0.367 e. The fraction of sp³-hybridized carbons (Fsp3) is 0.250. The van der Waals surface area contributed by atoms with Crippen molar-refractivity contribution < 1.29 is 13.2 Å². The van der Waals surface area contributed by atoms with Gasteiger partial charge in [-0.15, -0.1) is 0 Å². The van der Waals surface area contributed by atoms with Crippen molar-refractivity contribution >= 4 is 27.2 Å². The van der Waals surface area contributed by atoms with Crippen molar-refractivity contribution in [3.05, 3.63) is 48.2 Å². The first-order valence-electron chi connectivity index (χ1n) is 7.26. The molecule has 1 fully saturated rings. The number of benzene rings is 1. The van der Waals surface area contributed by atoms with Gasteiger partial charge in [-0.05, 0) is 43.2 Å². The number of anilines is 2. The summed E-state index contributed by atoms with van der Waals surface area (Å²) in [6.07, 6.45) is 4.94. The molecule has 0 atom stereocenters. The minimum absolute atomic E-state index is 0.164. The first kappa shape index (κ1) is 15.5. The summed E-state index contributed by atoms with van der Waals surface area (Å²) in [6.45, 7) is 0. The lowest BCUT2D eigenvalue weighted by atomic mass is 10.2. The van der Waals surface area contributed by atoms with Gasteiger partial charge in [-0.25, -0.2) is 13.4 Å². The molecule has 1 aliphatic rings. The fourth-order valence-corrected chi connectivity index (χ4v) is 2.72. The molecule has 1 aromatic heterocycles. The zero-order chi connectivity index (χ0) is 16.4. The molecule has 1 aliphatic carbocycles. The van der Waals surface area contributed by atoms with Crippen LogP contribution in [-0.4, -0.2) is 31.6 Å². The molecule has 1 saturated carbocycles. The highest BCUT2D eigenvalue weighted by Gasteiger charge is 2.21. The Balaban J connectivity index is 1.71. The van der Waals surface area contributed by atoms with Crippen LogP contribution in [0.2, 0.25) is 0 Å². The van der Waals surface area contributed by atoms with Gasteiger partial charge in [0, 0.05) is 24.2 Å². The smallest absolute Gasteiger partial charge is 0.257 e. The lowest BCUT2D eigenvalue weighted by Crippen LogP contribution is -2.13. The van der Waals surface area contributed by atoms with Gasteiger partial charge in [-0.3, -0.25) is 4.79 Å². The number of pyridine rings is 1. The van der Waals surface area contributed by atoms with Crippen LogP contribution in [0, 0.1) is 0 Å². The molecule has 7 heteroatoms. The summed E-state index contributed by atoms with van der Waals surface area (Å²) in [7, 11) is -3.31. The predicted molar refractivity (Wildman–Crippen MR) is 88.4 cm³/mol. The maximum Gasteiger partial charge on any atom is 0.257 e. The summed E-state index contributed by atoms with van der Waals surface area (Å²) in [4.78, 5) is 16.6. The molecule has 23 heavy (non-hydrogen) atoms. The maximum atomic E-state index is 12.2. The number of rotatable bonds is 5. The minimum atomic E-state index is -3.31. The topological polar surface area (TPSA) is 88.2 Å². The molecule has 0 saturated heterocycles. The molecular formula is C16H17N3O3S. The second kappa shape index (κ2) is 6.00. The van der Waals surface area contributed by atoms with Crippen molar-refractivity contribution in [2.24, 2.45) is 0 Å². The average Bonchev–Trinajstić information content (AvgIpc) is 3.31. The Kier molecular flexibility index (Phi) is 4.04. The first-order chi connectivity index (χ1) is 10.9. The summed E-state index contributed by atoms with van der Waals surface area (Å²) in [6, 6.07) is 10.1. The van der Waals surface area contributed by atoms with Crippen LogP contribution in [0.1, 0.15) is 23.2 Å². The Morgan fingerprint density at radius 2 is 2.00 bits per heavy atom. The predicted octanol–water partition coefficient (Wildman–Crippen LogP) is 2.31. The van der Waals surface area contributed by atoms with Crippen LogP contribution < -0.4 is 10.6 Å². The monoisotopic (exact) mass is 331 g/mol. The highest BCUT2D eigenvalue weighted by Crippen LogP contribution is 2.23. The Morgan fingerprint density at radius 3 is 2.61 bits per heavy atom. The normalized spacial score (nSPS) is 14.3. The van der Waals surface area contributed by atoms with Crippen LogP contribution in [0.15, 0.2) is 47.5 Å². The van der Waals surface area contributed by atoms with Gasteiger partial charge in [0.1, 0.15) is 5.82 Å². The molecule has 3 rings (SSSR count). The van der Waals surface area contributed by atoms with E-state index in [1.165, 1.54) is 18.3 Å². The molecule has 1 amide bonds. The zero-order valence-corrected chi connectivity index (χ0v) is 13.4. The number of hydrogen-bond donors (Lipinski definition) is 2. The summed E-state index contributed by atoms with van der Waals surface area (Å²) >= 11 is 0. The van der Waals surface area contributed by atoms with Crippen LogP contribution in [0.3, 0.4) is 0 Å². The van der Waals surface area contributed by atoms with Crippen LogP contribution >= 0.6 is 0 Å². The second-order valence-electron chi connectivity index (χ2n) is 5.60. The van der Waals surface area contributed by atoms with Gasteiger partial charge in [0.05, 0.1) is 10.5 Å². The van der Waals surface area contributed by atoms with E-state index in [2.05, 4.69) is 15.6 Å². The highest BCUT2D eigenvalue weighted by molar-refractivity contribution is 7.90. The maximum absolute atomic E-state index is 12.2. The Bertz CT molecular complexity index is 828. The van der Waals surface area contributed by atoms with Crippen molar-refractivity contribution in [3.8, 4) is 0 Å². The van der Waals surface area contributed by atoms with E-state index in [1.54, 1.807) is 24.3 Å². The van der Waals surface area contributed by atoms with Gasteiger partial charge in [0.2, 0.25) is 0 Å². The average molecular weight is 331 g/mol. The molecular weight excluding hydrogens is 314 g/mol. The van der Waals surface area contributed by atoms with E-state index in [0.717, 1.165) is 24.9 Å². The van der Waals surface area contributed by atoms with Crippen LogP contribution in [0.5, 0.6) is 0 Å². The quantitative estimate of drug-likeness (QED) is 0.878. The molecule has 2 N–H and O–H groups in total. The molecule has 0 radical (unpaired) electrons. The van der Waals surface area contributed by atoms with Gasteiger partial charge in [-0.1, -0.05) is 6.07 Å². The van der Waals surface area contributed by atoms with E-state index in [-0.39, 0.29) is 10.8 Å². The van der Waals surface area contributed by atoms with Gasteiger partial charge in [-0.2, -0.15) is 0 Å². The van der Waals surface area contributed by atoms with Crippen molar-refractivity contribution in [1.82, 2.24) is 4.98 Å². The molecule has 0 bridgehead atoms. The van der Waals surface area contributed by atoms with Crippen LogP contribution in [0.25, 0.3) is 0 Å². The summed E-state index contributed by atoms with van der Waals surface area (Å²) in [5.74, 6) is 0.421. The highest BCUT2D eigenvalue weighted by atomic mass is 32.2. The number of aromatic nitrogens is 1. The number of hydrogen-bond acceptors (Lipinski definition) is 5. The SMILES string of the molecule is CS(=O)(=O)c1cccc(NC(=O)c2ccc(NC3CC3)nc2)c1. The van der Waals surface area contributed by atoms with E-state index in [9.17, 15) is 13.2 Å². The van der Waals surface area contributed by atoms with Gasteiger partial charge in [0.25, 0.3) is 5.91 Å². The third-order valence-electron chi connectivity index (χ3n) is 3.48. The van der Waals surface area contributed by atoms with Crippen molar-refractivity contribution in [3.63, 3.8) is 0 Å². The molecule has 0 unspecified atom stereocenters. The number of amides is 1. The second-order valence-corrected chi connectivity index (χ2v) is 7.62. The number of carbonyl (C=O) groups excluding carboxylic acids is 1. The summed E-state index contributed by atoms with van der Waals surface area (Å²) in [5.41, 5.74) is 0.842. The van der Waals surface area contributed by atoms with Gasteiger partial charge < -0.3 is 10.6 Å². The third kappa shape index (κ3) is 4.07. The lowest BCUT2D eigenvalue weighted by molar-refractivity contribution is 0.102. The fourth-order valence-electron chi connectivity index (χ4n) is 2.06. The number of carbonyl (C=O) groups is 1. The molecule has 0 spiro atoms. The van der Waals surface area contributed by atoms with E-state index in [4.69, 9.17) is 0 Å². The largest absolute Gasteiger partial charge is 0.367 e. The van der Waals surface area contributed by atoms with Gasteiger partial charge in [0.15, 0.2) is 9.84 Å². The van der Waals surface area contributed by atoms with Crippen LogP contribution in [-0.2, 0) is 9.84 Å². The summed E-state index contributed by atoms with van der Waals surface area (Å²) in [5, 5.41) is 5.93. The van der Waals surface area contributed by atoms with Crippen molar-refractivity contribution in [2.45, 2.75) is 23.8 Å². The molecule has 120 valence electrons.